The fourth-order valence-corrected chi connectivity index (χ4v) is 10.3. The summed E-state index contributed by atoms with van der Waals surface area (Å²) in [7, 11) is 0. The molecule has 0 fully saturated rings. The van der Waals surface area contributed by atoms with Gasteiger partial charge in [0.1, 0.15) is 0 Å². The fourth-order valence-electron chi connectivity index (χ4n) is 9.03. The van der Waals surface area contributed by atoms with Crippen LogP contribution in [0, 0.1) is 6.92 Å². The average molecular weight is 733 g/mol. The van der Waals surface area contributed by atoms with E-state index in [1.165, 1.54) is 63.8 Å². The number of thiophene rings is 1. The lowest BCUT2D eigenvalue weighted by molar-refractivity contribution is 1.15. The first-order valence-electron chi connectivity index (χ1n) is 19.0. The van der Waals surface area contributed by atoms with Crippen LogP contribution in [0.2, 0.25) is 0 Å². The minimum absolute atomic E-state index is 0.881. The van der Waals surface area contributed by atoms with Gasteiger partial charge in [0.2, 0.25) is 0 Å². The van der Waals surface area contributed by atoms with Crippen molar-refractivity contribution in [2.75, 3.05) is 0 Å². The van der Waals surface area contributed by atoms with Crippen molar-refractivity contribution >= 4 is 86.2 Å². The summed E-state index contributed by atoms with van der Waals surface area (Å²) in [6.07, 6.45) is 0. The highest BCUT2D eigenvalue weighted by Crippen LogP contribution is 2.51. The zero-order chi connectivity index (χ0) is 36.9. The fraction of sp³-hybridized carbons (Fsp3) is 0.0196. The van der Waals surface area contributed by atoms with Crippen molar-refractivity contribution in [2.45, 2.75) is 6.92 Å². The highest BCUT2D eigenvalue weighted by molar-refractivity contribution is 7.27. The molecule has 0 unspecified atom stereocenters. The number of para-hydroxylation sites is 5. The lowest BCUT2D eigenvalue weighted by atomic mass is 10.0. The molecule has 0 saturated carbocycles. The third-order valence-corrected chi connectivity index (χ3v) is 12.6. The summed E-state index contributed by atoms with van der Waals surface area (Å²) in [6.45, 7) is 2.24. The van der Waals surface area contributed by atoms with Gasteiger partial charge in [0, 0.05) is 59.5 Å². The van der Waals surface area contributed by atoms with Gasteiger partial charge >= 0.3 is 0 Å². The number of hydrogen-bond donors (Lipinski definition) is 0. The van der Waals surface area contributed by atoms with Crippen LogP contribution in [-0.4, -0.2) is 19.1 Å². The molecule has 8 aromatic carbocycles. The number of fused-ring (bicyclic) bond motifs is 13. The van der Waals surface area contributed by atoms with E-state index in [-0.39, 0.29) is 0 Å². The van der Waals surface area contributed by atoms with Crippen molar-refractivity contribution in [3.05, 3.63) is 181 Å². The number of aryl methyl sites for hydroxylation is 1. The first kappa shape index (κ1) is 31.3. The zero-order valence-corrected chi connectivity index (χ0v) is 31.3. The van der Waals surface area contributed by atoms with Gasteiger partial charge in [-0.1, -0.05) is 121 Å². The summed E-state index contributed by atoms with van der Waals surface area (Å²) in [6, 6.07) is 63.0. The van der Waals surface area contributed by atoms with Gasteiger partial charge in [0.05, 0.1) is 49.2 Å². The molecule has 0 aliphatic carbocycles. The minimum atomic E-state index is 0.881. The summed E-state index contributed by atoms with van der Waals surface area (Å²) in [5.41, 5.74) is 14.0. The van der Waals surface area contributed by atoms with E-state index in [1.807, 2.05) is 41.7 Å². The Bertz CT molecular complexity index is 3540. The van der Waals surface area contributed by atoms with E-state index in [2.05, 4.69) is 162 Å². The molecule has 0 aliphatic rings. The zero-order valence-electron chi connectivity index (χ0n) is 30.4. The maximum atomic E-state index is 5.25. The summed E-state index contributed by atoms with van der Waals surface area (Å²) in [5, 5.41) is 7.67. The molecule has 4 heterocycles. The molecule has 12 rings (SSSR count). The van der Waals surface area contributed by atoms with Crippen LogP contribution in [-0.2, 0) is 0 Å². The van der Waals surface area contributed by atoms with Crippen molar-refractivity contribution < 1.29 is 0 Å². The van der Waals surface area contributed by atoms with Crippen LogP contribution in [0.25, 0.3) is 109 Å². The van der Waals surface area contributed by atoms with Gasteiger partial charge in [-0.25, -0.2) is 9.97 Å². The van der Waals surface area contributed by atoms with Gasteiger partial charge in [0.15, 0.2) is 0 Å². The van der Waals surface area contributed by atoms with Gasteiger partial charge in [-0.15, -0.1) is 11.3 Å². The first-order valence-corrected chi connectivity index (χ1v) is 19.8. The van der Waals surface area contributed by atoms with Gasteiger partial charge in [-0.2, -0.15) is 0 Å². The van der Waals surface area contributed by atoms with E-state index in [0.29, 0.717) is 0 Å². The van der Waals surface area contributed by atoms with E-state index in [0.717, 1.165) is 50.5 Å². The Hall–Kier alpha value is -7.08. The molecule has 0 aliphatic heterocycles. The molecule has 5 heteroatoms. The summed E-state index contributed by atoms with van der Waals surface area (Å²) in [4.78, 5) is 10.4. The van der Waals surface area contributed by atoms with Crippen LogP contribution in [0.1, 0.15) is 5.56 Å². The molecule has 0 bridgehead atoms. The summed E-state index contributed by atoms with van der Waals surface area (Å²) >= 11 is 1.90. The molecule has 262 valence electrons. The van der Waals surface area contributed by atoms with Crippen LogP contribution in [0.5, 0.6) is 0 Å². The largest absolute Gasteiger partial charge is 0.308 e. The number of rotatable bonds is 4. The van der Waals surface area contributed by atoms with Gasteiger partial charge in [-0.05, 0) is 67.1 Å². The Morgan fingerprint density at radius 3 is 1.73 bits per heavy atom. The second-order valence-electron chi connectivity index (χ2n) is 14.6. The summed E-state index contributed by atoms with van der Waals surface area (Å²) < 4.78 is 7.63. The molecule has 4 nitrogen and oxygen atoms in total. The maximum absolute atomic E-state index is 5.25. The normalized spacial score (nSPS) is 12.0. The van der Waals surface area contributed by atoms with Crippen molar-refractivity contribution in [3.8, 4) is 33.9 Å². The van der Waals surface area contributed by atoms with E-state index in [1.54, 1.807) is 0 Å². The van der Waals surface area contributed by atoms with Gasteiger partial charge in [-0.3, -0.25) is 0 Å². The molecule has 0 N–H and O–H groups in total. The Balaban J connectivity index is 1.23. The van der Waals surface area contributed by atoms with Crippen LogP contribution in [0.4, 0.5) is 0 Å². The highest BCUT2D eigenvalue weighted by atomic mass is 32.1. The van der Waals surface area contributed by atoms with Crippen molar-refractivity contribution in [3.63, 3.8) is 0 Å². The topological polar surface area (TPSA) is 35.6 Å². The number of hydrogen-bond acceptors (Lipinski definition) is 3. The predicted molar refractivity (Wildman–Crippen MR) is 237 cm³/mol. The first-order chi connectivity index (χ1) is 27.7. The molecular weight excluding hydrogens is 701 g/mol. The van der Waals surface area contributed by atoms with Crippen molar-refractivity contribution in [1.82, 2.24) is 19.1 Å². The molecule has 0 spiro atoms. The van der Waals surface area contributed by atoms with Crippen LogP contribution in [0.15, 0.2) is 176 Å². The van der Waals surface area contributed by atoms with Crippen LogP contribution < -0.4 is 0 Å². The van der Waals surface area contributed by atoms with E-state index >= 15 is 0 Å². The lowest BCUT2D eigenvalue weighted by Gasteiger charge is -2.16. The quantitative estimate of drug-likeness (QED) is 0.181. The molecule has 0 radical (unpaired) electrons. The van der Waals surface area contributed by atoms with Crippen molar-refractivity contribution in [1.29, 1.82) is 0 Å². The molecule has 56 heavy (non-hydrogen) atoms. The summed E-state index contributed by atoms with van der Waals surface area (Å²) in [5.74, 6) is 0. The van der Waals surface area contributed by atoms with Crippen LogP contribution >= 0.6 is 11.3 Å². The van der Waals surface area contributed by atoms with Gasteiger partial charge in [0.25, 0.3) is 0 Å². The number of benzene rings is 8. The molecule has 0 atom stereocenters. The number of aromatic nitrogens is 4. The molecule has 0 amide bonds. The second-order valence-corrected chi connectivity index (χ2v) is 15.6. The standard InChI is InChI=1S/C51H32N4S/c1-31-30-33(48-47(32-16-4-2-5-17-32)52-38-23-11-12-24-39(38)53-48)28-29-40(31)55-42-26-14-8-20-35(42)44-45-37-22-10-15-27-43(37)56-51(45)50-46(49(44)55)36-21-9-13-25-41(36)54(50)34-18-6-3-7-19-34/h2-30H,1H3. The third kappa shape index (κ3) is 4.40. The molecule has 12 aromatic rings. The Morgan fingerprint density at radius 2 is 1.02 bits per heavy atom. The third-order valence-electron chi connectivity index (χ3n) is 11.4. The van der Waals surface area contributed by atoms with Crippen molar-refractivity contribution in [2.24, 2.45) is 0 Å². The Labute approximate surface area is 326 Å². The Kier molecular flexibility index (Phi) is 6.68. The van der Waals surface area contributed by atoms with E-state index in [4.69, 9.17) is 9.97 Å². The highest BCUT2D eigenvalue weighted by Gasteiger charge is 2.27. The Morgan fingerprint density at radius 1 is 0.446 bits per heavy atom. The average Bonchev–Trinajstić information content (AvgIpc) is 3.92. The van der Waals surface area contributed by atoms with Crippen LogP contribution in [0.3, 0.4) is 0 Å². The number of nitrogens with zero attached hydrogens (tertiary/aromatic N) is 4. The maximum Gasteiger partial charge on any atom is 0.0973 e. The SMILES string of the molecule is Cc1cc(-c2nc3ccccc3nc2-c2ccccc2)ccc1-n1c2ccccc2c2c3c4ccccc4sc3c3c(c4ccccc4n3-c3ccccc3)c21. The van der Waals surface area contributed by atoms with E-state index < -0.39 is 0 Å². The monoisotopic (exact) mass is 732 g/mol. The minimum Gasteiger partial charge on any atom is -0.308 e. The molecular formula is C51H32N4S. The molecule has 0 saturated heterocycles. The van der Waals surface area contributed by atoms with E-state index in [9.17, 15) is 0 Å². The predicted octanol–water partition coefficient (Wildman–Crippen LogP) is 13.8. The van der Waals surface area contributed by atoms with Gasteiger partial charge < -0.3 is 9.13 Å². The second kappa shape index (κ2) is 12.0. The smallest absolute Gasteiger partial charge is 0.0973 e. The lowest BCUT2D eigenvalue weighted by Crippen LogP contribution is -2.00. The molecule has 4 aromatic heterocycles.